The van der Waals surface area contributed by atoms with Crippen LogP contribution in [0.4, 0.5) is 20.2 Å². The smallest absolute Gasteiger partial charge is 0.128 e. The van der Waals surface area contributed by atoms with Crippen LogP contribution in [0.2, 0.25) is 0 Å². The summed E-state index contributed by atoms with van der Waals surface area (Å²) in [6.45, 7) is 2.37. The monoisotopic (exact) mass is 288 g/mol. The molecule has 2 aromatic carbocycles. The van der Waals surface area contributed by atoms with Gasteiger partial charge in [-0.2, -0.15) is 0 Å². The van der Waals surface area contributed by atoms with E-state index in [4.69, 9.17) is 0 Å². The highest BCUT2D eigenvalue weighted by Crippen LogP contribution is 2.29. The van der Waals surface area contributed by atoms with Crippen molar-refractivity contribution in [1.82, 2.24) is 0 Å². The van der Waals surface area contributed by atoms with Crippen molar-refractivity contribution < 1.29 is 8.78 Å². The fraction of sp³-hybridized carbons (Fsp3) is 0.294. The summed E-state index contributed by atoms with van der Waals surface area (Å²) < 4.78 is 26.9. The molecule has 1 aliphatic rings. The zero-order valence-corrected chi connectivity index (χ0v) is 11.8. The van der Waals surface area contributed by atoms with Crippen LogP contribution >= 0.6 is 0 Å². The standard InChI is InChI=1S/C17H18F2N2/c18-14-7-8-15(19)13(11-14)12-20-16-5-1-2-6-17(16)21-9-3-4-10-21/h1-2,5-8,11,20H,3-4,9-10,12H2. The van der Waals surface area contributed by atoms with E-state index in [9.17, 15) is 8.78 Å². The lowest BCUT2D eigenvalue weighted by molar-refractivity contribution is 0.587. The zero-order chi connectivity index (χ0) is 14.7. The highest BCUT2D eigenvalue weighted by atomic mass is 19.1. The van der Waals surface area contributed by atoms with Crippen LogP contribution in [-0.2, 0) is 6.54 Å². The van der Waals surface area contributed by atoms with E-state index in [-0.39, 0.29) is 12.4 Å². The number of anilines is 2. The Morgan fingerprint density at radius 1 is 1.00 bits per heavy atom. The zero-order valence-electron chi connectivity index (χ0n) is 11.8. The largest absolute Gasteiger partial charge is 0.379 e. The summed E-state index contributed by atoms with van der Waals surface area (Å²) in [4.78, 5) is 2.32. The Hall–Kier alpha value is -2.10. The molecule has 0 saturated carbocycles. The van der Waals surface area contributed by atoms with Gasteiger partial charge in [-0.15, -0.1) is 0 Å². The Labute approximate surface area is 123 Å². The summed E-state index contributed by atoms with van der Waals surface area (Å²) >= 11 is 0. The average molecular weight is 288 g/mol. The third-order valence-corrected chi connectivity index (χ3v) is 3.83. The van der Waals surface area contributed by atoms with Crippen LogP contribution in [0.3, 0.4) is 0 Å². The van der Waals surface area contributed by atoms with Crippen molar-refractivity contribution in [2.24, 2.45) is 0 Å². The first-order valence-corrected chi connectivity index (χ1v) is 7.26. The average Bonchev–Trinajstić information content (AvgIpc) is 3.03. The predicted octanol–water partition coefficient (Wildman–Crippen LogP) is 4.18. The summed E-state index contributed by atoms with van der Waals surface area (Å²) in [7, 11) is 0. The van der Waals surface area contributed by atoms with E-state index < -0.39 is 5.82 Å². The molecule has 0 unspecified atom stereocenters. The molecule has 0 spiro atoms. The predicted molar refractivity (Wildman–Crippen MR) is 81.6 cm³/mol. The third-order valence-electron chi connectivity index (χ3n) is 3.83. The molecule has 0 amide bonds. The molecule has 0 aromatic heterocycles. The Morgan fingerprint density at radius 2 is 1.76 bits per heavy atom. The van der Waals surface area contributed by atoms with Crippen molar-refractivity contribution in [3.63, 3.8) is 0 Å². The number of para-hydroxylation sites is 2. The number of hydrogen-bond donors (Lipinski definition) is 1. The van der Waals surface area contributed by atoms with Gasteiger partial charge in [-0.1, -0.05) is 12.1 Å². The molecular weight excluding hydrogens is 270 g/mol. The first-order chi connectivity index (χ1) is 10.2. The number of benzene rings is 2. The van der Waals surface area contributed by atoms with Crippen molar-refractivity contribution in [3.05, 3.63) is 59.7 Å². The number of hydrogen-bond acceptors (Lipinski definition) is 2. The highest BCUT2D eigenvalue weighted by molar-refractivity contribution is 5.70. The molecule has 1 aliphatic heterocycles. The van der Waals surface area contributed by atoms with Gasteiger partial charge in [0.25, 0.3) is 0 Å². The van der Waals surface area contributed by atoms with Crippen LogP contribution in [0.15, 0.2) is 42.5 Å². The maximum atomic E-state index is 13.7. The molecule has 2 aromatic rings. The number of nitrogens with one attached hydrogen (secondary N) is 1. The number of halogens is 2. The lowest BCUT2D eigenvalue weighted by Gasteiger charge is -2.22. The molecule has 0 aliphatic carbocycles. The van der Waals surface area contributed by atoms with E-state index in [1.807, 2.05) is 18.2 Å². The van der Waals surface area contributed by atoms with Gasteiger partial charge in [0.2, 0.25) is 0 Å². The van der Waals surface area contributed by atoms with Crippen molar-refractivity contribution in [1.29, 1.82) is 0 Å². The normalized spacial score (nSPS) is 14.5. The van der Waals surface area contributed by atoms with Gasteiger partial charge >= 0.3 is 0 Å². The van der Waals surface area contributed by atoms with Crippen molar-refractivity contribution in [2.45, 2.75) is 19.4 Å². The molecule has 4 heteroatoms. The molecule has 1 saturated heterocycles. The molecule has 1 N–H and O–H groups in total. The molecule has 1 fully saturated rings. The molecule has 0 atom stereocenters. The fourth-order valence-corrected chi connectivity index (χ4v) is 2.73. The molecule has 21 heavy (non-hydrogen) atoms. The second-order valence-corrected chi connectivity index (χ2v) is 5.30. The Kier molecular flexibility index (Phi) is 4.04. The SMILES string of the molecule is Fc1ccc(F)c(CNc2ccccc2N2CCCC2)c1. The van der Waals surface area contributed by atoms with E-state index in [1.165, 1.54) is 25.0 Å². The summed E-state index contributed by atoms with van der Waals surface area (Å²) in [5.74, 6) is -0.802. The fourth-order valence-electron chi connectivity index (χ4n) is 2.73. The third kappa shape index (κ3) is 3.15. The highest BCUT2D eigenvalue weighted by Gasteiger charge is 2.15. The van der Waals surface area contributed by atoms with E-state index >= 15 is 0 Å². The van der Waals surface area contributed by atoms with Gasteiger partial charge < -0.3 is 10.2 Å². The van der Waals surface area contributed by atoms with Crippen LogP contribution in [0.1, 0.15) is 18.4 Å². The molecule has 3 rings (SSSR count). The van der Waals surface area contributed by atoms with Crippen molar-refractivity contribution in [2.75, 3.05) is 23.3 Å². The molecule has 0 bridgehead atoms. The second-order valence-electron chi connectivity index (χ2n) is 5.30. The van der Waals surface area contributed by atoms with Crippen LogP contribution in [0, 0.1) is 11.6 Å². The van der Waals surface area contributed by atoms with Gasteiger partial charge in [-0.25, -0.2) is 8.78 Å². The number of nitrogens with zero attached hydrogens (tertiary/aromatic N) is 1. The van der Waals surface area contributed by atoms with E-state index in [2.05, 4.69) is 16.3 Å². The van der Waals surface area contributed by atoms with Crippen LogP contribution in [-0.4, -0.2) is 13.1 Å². The minimum absolute atomic E-state index is 0.272. The first-order valence-electron chi connectivity index (χ1n) is 7.26. The topological polar surface area (TPSA) is 15.3 Å². The molecular formula is C17H18F2N2. The maximum absolute atomic E-state index is 13.7. The Balaban J connectivity index is 1.77. The van der Waals surface area contributed by atoms with Crippen LogP contribution in [0.5, 0.6) is 0 Å². The van der Waals surface area contributed by atoms with Crippen molar-refractivity contribution in [3.8, 4) is 0 Å². The lowest BCUT2D eigenvalue weighted by atomic mass is 10.2. The summed E-state index contributed by atoms with van der Waals surface area (Å²) in [6, 6.07) is 11.5. The van der Waals surface area contributed by atoms with Crippen LogP contribution < -0.4 is 10.2 Å². The van der Waals surface area contributed by atoms with Gasteiger partial charge in [0.05, 0.1) is 11.4 Å². The second kappa shape index (κ2) is 6.12. The summed E-state index contributed by atoms with van der Waals surface area (Å²) in [6.07, 6.45) is 2.40. The maximum Gasteiger partial charge on any atom is 0.128 e. The van der Waals surface area contributed by atoms with Gasteiger partial charge in [-0.05, 0) is 43.2 Å². The van der Waals surface area contributed by atoms with Gasteiger partial charge in [0.15, 0.2) is 0 Å². The first kappa shape index (κ1) is 13.9. The molecule has 2 nitrogen and oxygen atoms in total. The minimum atomic E-state index is -0.416. The van der Waals surface area contributed by atoms with E-state index in [0.29, 0.717) is 5.56 Å². The summed E-state index contributed by atoms with van der Waals surface area (Å²) in [5.41, 5.74) is 2.43. The molecule has 110 valence electrons. The quantitative estimate of drug-likeness (QED) is 0.908. The van der Waals surface area contributed by atoms with E-state index in [1.54, 1.807) is 0 Å². The van der Waals surface area contributed by atoms with Crippen LogP contribution in [0.25, 0.3) is 0 Å². The van der Waals surface area contributed by atoms with Crippen molar-refractivity contribution >= 4 is 11.4 Å². The number of rotatable bonds is 4. The molecule has 1 heterocycles. The van der Waals surface area contributed by atoms with Gasteiger partial charge in [-0.3, -0.25) is 0 Å². The Morgan fingerprint density at radius 3 is 2.57 bits per heavy atom. The van der Waals surface area contributed by atoms with Gasteiger partial charge in [0.1, 0.15) is 11.6 Å². The lowest BCUT2D eigenvalue weighted by Crippen LogP contribution is -2.19. The van der Waals surface area contributed by atoms with E-state index in [0.717, 1.165) is 30.5 Å². The van der Waals surface area contributed by atoms with Gasteiger partial charge in [0, 0.05) is 25.2 Å². The molecule has 0 radical (unpaired) electrons. The minimum Gasteiger partial charge on any atom is -0.379 e. The Bertz CT molecular complexity index is 622. The summed E-state index contributed by atoms with van der Waals surface area (Å²) in [5, 5.41) is 3.23.